The predicted molar refractivity (Wildman–Crippen MR) is 58.8 cm³/mol. The van der Waals surface area contributed by atoms with Crippen LogP contribution in [-0.2, 0) is 4.74 Å². The van der Waals surface area contributed by atoms with E-state index in [9.17, 15) is 5.11 Å². The van der Waals surface area contributed by atoms with Crippen LogP contribution in [0.1, 0.15) is 20.3 Å². The van der Waals surface area contributed by atoms with Gasteiger partial charge in [-0.2, -0.15) is 0 Å². The summed E-state index contributed by atoms with van der Waals surface area (Å²) in [5.74, 6) is 0. The quantitative estimate of drug-likeness (QED) is 0.363. The van der Waals surface area contributed by atoms with Gasteiger partial charge in [-0.05, 0) is 25.8 Å². The van der Waals surface area contributed by atoms with E-state index < -0.39 is 6.29 Å². The van der Waals surface area contributed by atoms with E-state index in [0.29, 0.717) is 18.6 Å². The van der Waals surface area contributed by atoms with E-state index in [1.54, 1.807) is 20.9 Å². The van der Waals surface area contributed by atoms with E-state index in [1.807, 2.05) is 0 Å². The summed E-state index contributed by atoms with van der Waals surface area (Å²) in [6.07, 6.45) is -0.893. The van der Waals surface area contributed by atoms with Gasteiger partial charge in [-0.15, -0.1) is 0 Å². The summed E-state index contributed by atoms with van der Waals surface area (Å²) in [6, 6.07) is 0. The highest BCUT2D eigenvalue weighted by Gasteiger charge is 2.17. The van der Waals surface area contributed by atoms with Gasteiger partial charge in [0.2, 0.25) is 0 Å². The second-order valence-corrected chi connectivity index (χ2v) is 3.05. The summed E-state index contributed by atoms with van der Waals surface area (Å²) < 4.78 is 4.91. The van der Waals surface area contributed by atoms with Gasteiger partial charge in [0, 0.05) is 26.0 Å². The summed E-state index contributed by atoms with van der Waals surface area (Å²) in [7, 11) is 1.73. The van der Waals surface area contributed by atoms with Crippen LogP contribution in [0.3, 0.4) is 0 Å². The second kappa shape index (κ2) is 7.39. The Balaban J connectivity index is 4.70. The molecule has 0 aromatic rings. The second-order valence-electron chi connectivity index (χ2n) is 3.05. The van der Waals surface area contributed by atoms with Crippen LogP contribution in [0, 0.1) is 5.41 Å². The Morgan fingerprint density at radius 3 is 2.53 bits per heavy atom. The lowest BCUT2D eigenvalue weighted by Crippen LogP contribution is -2.27. The molecular weight excluding hydrogens is 196 g/mol. The topological polar surface area (TPSA) is 85.6 Å². The average molecular weight is 216 g/mol. The molecule has 0 amide bonds. The number of ether oxygens (including phenoxy) is 1. The first-order valence-corrected chi connectivity index (χ1v) is 4.95. The zero-order valence-corrected chi connectivity index (χ0v) is 9.50. The molecule has 0 heterocycles. The van der Waals surface area contributed by atoms with Crippen molar-refractivity contribution in [2.24, 2.45) is 0 Å². The molecule has 88 valence electrons. The molecule has 0 saturated carbocycles. The minimum absolute atomic E-state index is 0.00208. The first-order chi connectivity index (χ1) is 7.08. The first kappa shape index (κ1) is 14.1. The monoisotopic (exact) mass is 216 g/mol. The molecule has 0 aromatic heterocycles. The fourth-order valence-corrected chi connectivity index (χ4v) is 1.18. The highest BCUT2D eigenvalue weighted by atomic mass is 16.6. The maximum Gasteiger partial charge on any atom is 0.198 e. The van der Waals surface area contributed by atoms with Gasteiger partial charge < -0.3 is 20.3 Å². The molecule has 0 aliphatic carbocycles. The van der Waals surface area contributed by atoms with Gasteiger partial charge in [0.25, 0.3) is 0 Å². The van der Waals surface area contributed by atoms with Crippen LogP contribution in [0.2, 0.25) is 0 Å². The maximum absolute atomic E-state index is 9.47. The minimum Gasteiger partial charge on any atom is -0.396 e. The zero-order chi connectivity index (χ0) is 11.8. The zero-order valence-electron chi connectivity index (χ0n) is 9.50. The average Bonchev–Trinajstić information content (AvgIpc) is 2.24. The van der Waals surface area contributed by atoms with E-state index in [1.165, 1.54) is 0 Å². The molecule has 1 unspecified atom stereocenters. The Bertz CT molecular complexity index is 239. The van der Waals surface area contributed by atoms with Crippen LogP contribution in [0.4, 0.5) is 0 Å². The van der Waals surface area contributed by atoms with Gasteiger partial charge in [-0.3, -0.25) is 5.41 Å². The molecule has 4 N–H and O–H groups in total. The summed E-state index contributed by atoms with van der Waals surface area (Å²) in [5, 5.41) is 28.9. The van der Waals surface area contributed by atoms with E-state index in [2.05, 4.69) is 5.32 Å². The fraction of sp³-hybridized carbons (Fsp3) is 0.700. The van der Waals surface area contributed by atoms with Gasteiger partial charge in [-0.25, -0.2) is 0 Å². The third-order valence-electron chi connectivity index (χ3n) is 2.09. The number of nitrogens with one attached hydrogen (secondary N) is 2. The van der Waals surface area contributed by atoms with Gasteiger partial charge >= 0.3 is 0 Å². The largest absolute Gasteiger partial charge is 0.396 e. The highest BCUT2D eigenvalue weighted by Crippen LogP contribution is 2.11. The molecule has 1 atom stereocenters. The Kier molecular flexibility index (Phi) is 6.94. The van der Waals surface area contributed by atoms with Gasteiger partial charge in [-0.1, -0.05) is 0 Å². The lowest BCUT2D eigenvalue weighted by molar-refractivity contribution is -0.0443. The van der Waals surface area contributed by atoms with Gasteiger partial charge in [0.15, 0.2) is 6.29 Å². The summed E-state index contributed by atoms with van der Waals surface area (Å²) >= 11 is 0. The standard InChI is InChI=1S/C10H20N2O3/c1-4-15-10(14)9(11)8(5-6-13)7(2)12-3/h10-14H,4-6H2,1-3H3/b8-7-,11-9?. The third kappa shape index (κ3) is 4.42. The van der Waals surface area contributed by atoms with Crippen LogP contribution >= 0.6 is 0 Å². The molecule has 0 aromatic carbocycles. The molecule has 0 bridgehead atoms. The van der Waals surface area contributed by atoms with Crippen molar-refractivity contribution in [2.75, 3.05) is 20.3 Å². The fourth-order valence-electron chi connectivity index (χ4n) is 1.18. The van der Waals surface area contributed by atoms with Crippen molar-refractivity contribution in [1.29, 1.82) is 5.41 Å². The molecule has 0 saturated heterocycles. The number of rotatable bonds is 7. The first-order valence-electron chi connectivity index (χ1n) is 4.95. The number of aliphatic hydroxyl groups is 2. The molecule has 0 radical (unpaired) electrons. The Labute approximate surface area is 90.3 Å². The van der Waals surface area contributed by atoms with Crippen LogP contribution < -0.4 is 5.32 Å². The van der Waals surface area contributed by atoms with E-state index in [0.717, 1.165) is 5.70 Å². The molecule has 0 fully saturated rings. The summed E-state index contributed by atoms with van der Waals surface area (Å²) in [6.45, 7) is 3.82. The molecule has 5 nitrogen and oxygen atoms in total. The number of aliphatic hydroxyl groups excluding tert-OH is 2. The smallest absolute Gasteiger partial charge is 0.198 e. The van der Waals surface area contributed by atoms with Gasteiger partial charge in [0.1, 0.15) is 0 Å². The van der Waals surface area contributed by atoms with Crippen molar-refractivity contribution in [3.63, 3.8) is 0 Å². The summed E-state index contributed by atoms with van der Waals surface area (Å²) in [4.78, 5) is 0. The normalized spacial score (nSPS) is 14.5. The number of hydrogen-bond donors (Lipinski definition) is 4. The predicted octanol–water partition coefficient (Wildman–Crippen LogP) is 0.237. The minimum atomic E-state index is -1.22. The Morgan fingerprint density at radius 1 is 1.53 bits per heavy atom. The number of allylic oxidation sites excluding steroid dienone is 1. The SMILES string of the molecule is CCOC(O)C(=N)/C(CCO)=C(/C)NC. The van der Waals surface area contributed by atoms with Crippen molar-refractivity contribution in [1.82, 2.24) is 5.32 Å². The van der Waals surface area contributed by atoms with Crippen molar-refractivity contribution < 1.29 is 14.9 Å². The van der Waals surface area contributed by atoms with Crippen LogP contribution in [0.25, 0.3) is 0 Å². The molecular formula is C10H20N2O3. The summed E-state index contributed by atoms with van der Waals surface area (Å²) in [5.41, 5.74) is 1.34. The Hall–Kier alpha value is -0.910. The van der Waals surface area contributed by atoms with Crippen molar-refractivity contribution in [3.05, 3.63) is 11.3 Å². The third-order valence-corrected chi connectivity index (χ3v) is 2.09. The maximum atomic E-state index is 9.47. The number of hydrogen-bond acceptors (Lipinski definition) is 5. The molecule has 0 aliphatic rings. The molecule has 0 rings (SSSR count). The van der Waals surface area contributed by atoms with Crippen molar-refractivity contribution >= 4 is 5.71 Å². The van der Waals surface area contributed by atoms with E-state index in [4.69, 9.17) is 15.3 Å². The van der Waals surface area contributed by atoms with Crippen LogP contribution in [0.15, 0.2) is 11.3 Å². The van der Waals surface area contributed by atoms with E-state index in [-0.39, 0.29) is 12.3 Å². The Morgan fingerprint density at radius 2 is 2.13 bits per heavy atom. The van der Waals surface area contributed by atoms with Crippen LogP contribution in [0.5, 0.6) is 0 Å². The molecule has 0 aliphatic heterocycles. The van der Waals surface area contributed by atoms with Crippen molar-refractivity contribution in [3.8, 4) is 0 Å². The van der Waals surface area contributed by atoms with E-state index >= 15 is 0 Å². The molecule has 0 spiro atoms. The molecule has 5 heteroatoms. The molecule has 15 heavy (non-hydrogen) atoms. The van der Waals surface area contributed by atoms with Gasteiger partial charge in [0.05, 0.1) is 5.71 Å². The highest BCUT2D eigenvalue weighted by molar-refractivity contribution is 6.00. The lowest BCUT2D eigenvalue weighted by Gasteiger charge is -2.17. The van der Waals surface area contributed by atoms with Crippen LogP contribution in [-0.4, -0.2) is 42.5 Å². The van der Waals surface area contributed by atoms with Crippen molar-refractivity contribution in [2.45, 2.75) is 26.6 Å². The lowest BCUT2D eigenvalue weighted by atomic mass is 10.0.